The first kappa shape index (κ1) is 12.6. The van der Waals surface area contributed by atoms with Gasteiger partial charge in [-0.05, 0) is 62.2 Å². The van der Waals surface area contributed by atoms with Crippen LogP contribution in [0.15, 0.2) is 18.2 Å². The third-order valence-electron chi connectivity index (χ3n) is 4.22. The second kappa shape index (κ2) is 5.22. The van der Waals surface area contributed by atoms with E-state index in [-0.39, 0.29) is 0 Å². The van der Waals surface area contributed by atoms with Gasteiger partial charge in [0, 0.05) is 0 Å². The minimum Gasteiger partial charge on any atom is -0.316 e. The highest BCUT2D eigenvalue weighted by Crippen LogP contribution is 2.36. The molecule has 1 N–H and O–H groups in total. The van der Waals surface area contributed by atoms with Crippen LogP contribution in [0.3, 0.4) is 0 Å². The maximum atomic E-state index is 3.55. The quantitative estimate of drug-likeness (QED) is 0.819. The molecule has 0 aliphatic carbocycles. The highest BCUT2D eigenvalue weighted by atomic mass is 14.9. The predicted molar refractivity (Wildman–Crippen MR) is 74.5 cm³/mol. The van der Waals surface area contributed by atoms with Crippen molar-refractivity contribution in [1.29, 1.82) is 0 Å². The molecule has 1 aromatic carbocycles. The van der Waals surface area contributed by atoms with Gasteiger partial charge in [-0.2, -0.15) is 0 Å². The van der Waals surface area contributed by atoms with E-state index in [4.69, 9.17) is 0 Å². The van der Waals surface area contributed by atoms with Gasteiger partial charge in [0.1, 0.15) is 0 Å². The van der Waals surface area contributed by atoms with Crippen molar-refractivity contribution in [3.05, 3.63) is 34.9 Å². The summed E-state index contributed by atoms with van der Waals surface area (Å²) in [5, 5.41) is 3.55. The topological polar surface area (TPSA) is 12.0 Å². The standard InChI is InChI=1S/C16H25N/c1-11(2)16-10-17-8-7-14(16)15-9-12(3)5-6-13(15)4/h5-6,9,11,14,16-17H,7-8,10H2,1-4H3. The van der Waals surface area contributed by atoms with Crippen molar-refractivity contribution in [1.82, 2.24) is 5.32 Å². The summed E-state index contributed by atoms with van der Waals surface area (Å²) in [5.41, 5.74) is 4.45. The molecule has 1 aliphatic heterocycles. The van der Waals surface area contributed by atoms with Crippen molar-refractivity contribution >= 4 is 0 Å². The van der Waals surface area contributed by atoms with Crippen LogP contribution in [0.2, 0.25) is 0 Å². The molecule has 0 saturated carbocycles. The van der Waals surface area contributed by atoms with Crippen LogP contribution >= 0.6 is 0 Å². The summed E-state index contributed by atoms with van der Waals surface area (Å²) < 4.78 is 0. The van der Waals surface area contributed by atoms with Gasteiger partial charge in [-0.1, -0.05) is 37.6 Å². The van der Waals surface area contributed by atoms with E-state index in [1.807, 2.05) is 0 Å². The molecule has 2 atom stereocenters. The van der Waals surface area contributed by atoms with Gasteiger partial charge in [-0.15, -0.1) is 0 Å². The Labute approximate surface area is 106 Å². The number of rotatable bonds is 2. The molecule has 1 heterocycles. The first-order chi connectivity index (χ1) is 8.09. The maximum Gasteiger partial charge on any atom is -0.00122 e. The average Bonchev–Trinajstić information content (AvgIpc) is 2.32. The molecule has 1 aromatic rings. The highest BCUT2D eigenvalue weighted by molar-refractivity contribution is 5.34. The second-order valence-electron chi connectivity index (χ2n) is 5.87. The summed E-state index contributed by atoms with van der Waals surface area (Å²) in [6.07, 6.45) is 1.28. The lowest BCUT2D eigenvalue weighted by Crippen LogP contribution is -2.38. The molecule has 0 bridgehead atoms. The Morgan fingerprint density at radius 2 is 2.00 bits per heavy atom. The fraction of sp³-hybridized carbons (Fsp3) is 0.625. The zero-order chi connectivity index (χ0) is 12.4. The van der Waals surface area contributed by atoms with Crippen molar-refractivity contribution in [3.8, 4) is 0 Å². The van der Waals surface area contributed by atoms with E-state index in [0.29, 0.717) is 0 Å². The molecule has 0 aromatic heterocycles. The number of piperidine rings is 1. The van der Waals surface area contributed by atoms with E-state index in [2.05, 4.69) is 51.2 Å². The molecule has 1 aliphatic rings. The summed E-state index contributed by atoms with van der Waals surface area (Å²) in [6, 6.07) is 6.91. The molecular weight excluding hydrogens is 206 g/mol. The molecule has 1 saturated heterocycles. The van der Waals surface area contributed by atoms with Crippen molar-refractivity contribution in [2.75, 3.05) is 13.1 Å². The van der Waals surface area contributed by atoms with Crippen LogP contribution < -0.4 is 5.32 Å². The summed E-state index contributed by atoms with van der Waals surface area (Å²) in [4.78, 5) is 0. The second-order valence-corrected chi connectivity index (χ2v) is 5.87. The minimum absolute atomic E-state index is 0.746. The minimum atomic E-state index is 0.746. The van der Waals surface area contributed by atoms with E-state index < -0.39 is 0 Å². The fourth-order valence-electron chi connectivity index (χ4n) is 3.13. The maximum absolute atomic E-state index is 3.55. The molecule has 1 nitrogen and oxygen atoms in total. The van der Waals surface area contributed by atoms with E-state index in [1.54, 1.807) is 5.56 Å². The summed E-state index contributed by atoms with van der Waals surface area (Å²) in [5.74, 6) is 2.29. The first-order valence-corrected chi connectivity index (χ1v) is 6.87. The zero-order valence-corrected chi connectivity index (χ0v) is 11.6. The lowest BCUT2D eigenvalue weighted by Gasteiger charge is -2.36. The zero-order valence-electron chi connectivity index (χ0n) is 11.6. The Balaban J connectivity index is 2.32. The van der Waals surface area contributed by atoms with E-state index in [9.17, 15) is 0 Å². The van der Waals surface area contributed by atoms with Gasteiger partial charge in [0.25, 0.3) is 0 Å². The van der Waals surface area contributed by atoms with Gasteiger partial charge < -0.3 is 5.32 Å². The van der Waals surface area contributed by atoms with Crippen molar-refractivity contribution in [2.24, 2.45) is 11.8 Å². The van der Waals surface area contributed by atoms with Gasteiger partial charge in [0.2, 0.25) is 0 Å². The fourth-order valence-corrected chi connectivity index (χ4v) is 3.13. The third kappa shape index (κ3) is 2.71. The number of nitrogens with one attached hydrogen (secondary N) is 1. The molecule has 1 fully saturated rings. The molecule has 2 rings (SSSR count). The molecule has 2 unspecified atom stereocenters. The monoisotopic (exact) mass is 231 g/mol. The van der Waals surface area contributed by atoms with Crippen LogP contribution in [0.1, 0.15) is 42.9 Å². The molecule has 17 heavy (non-hydrogen) atoms. The van der Waals surface area contributed by atoms with Crippen LogP contribution in [0, 0.1) is 25.7 Å². The number of hydrogen-bond acceptors (Lipinski definition) is 1. The average molecular weight is 231 g/mol. The first-order valence-electron chi connectivity index (χ1n) is 6.87. The molecule has 94 valence electrons. The highest BCUT2D eigenvalue weighted by Gasteiger charge is 2.29. The smallest absolute Gasteiger partial charge is 0.00122 e. The van der Waals surface area contributed by atoms with E-state index in [0.717, 1.165) is 17.8 Å². The van der Waals surface area contributed by atoms with Crippen molar-refractivity contribution < 1.29 is 0 Å². The molecule has 1 heteroatoms. The molecule has 0 spiro atoms. The lowest BCUT2D eigenvalue weighted by molar-refractivity contribution is 0.254. The normalized spacial score (nSPS) is 25.2. The predicted octanol–water partition coefficient (Wildman–Crippen LogP) is 3.65. The van der Waals surface area contributed by atoms with Gasteiger partial charge >= 0.3 is 0 Å². The van der Waals surface area contributed by atoms with Crippen LogP contribution in [0.4, 0.5) is 0 Å². The van der Waals surface area contributed by atoms with Gasteiger partial charge in [-0.3, -0.25) is 0 Å². The Bertz CT molecular complexity index is 381. The number of hydrogen-bond donors (Lipinski definition) is 1. The molecule has 0 amide bonds. The third-order valence-corrected chi connectivity index (χ3v) is 4.22. The largest absolute Gasteiger partial charge is 0.316 e. The van der Waals surface area contributed by atoms with Gasteiger partial charge in [0.05, 0.1) is 0 Å². The Hall–Kier alpha value is -0.820. The lowest BCUT2D eigenvalue weighted by atomic mass is 9.74. The SMILES string of the molecule is Cc1ccc(C)c(C2CCNCC2C(C)C)c1. The summed E-state index contributed by atoms with van der Waals surface area (Å²) in [6.45, 7) is 11.5. The van der Waals surface area contributed by atoms with Gasteiger partial charge in [-0.25, -0.2) is 0 Å². The summed E-state index contributed by atoms with van der Waals surface area (Å²) >= 11 is 0. The molecular formula is C16H25N. The van der Waals surface area contributed by atoms with E-state index >= 15 is 0 Å². The van der Waals surface area contributed by atoms with E-state index in [1.165, 1.54) is 30.6 Å². The van der Waals surface area contributed by atoms with Crippen LogP contribution in [0.25, 0.3) is 0 Å². The number of benzene rings is 1. The Kier molecular flexibility index (Phi) is 3.88. The van der Waals surface area contributed by atoms with Crippen molar-refractivity contribution in [3.63, 3.8) is 0 Å². The Morgan fingerprint density at radius 1 is 1.24 bits per heavy atom. The summed E-state index contributed by atoms with van der Waals surface area (Å²) in [7, 11) is 0. The van der Waals surface area contributed by atoms with Crippen LogP contribution in [-0.2, 0) is 0 Å². The van der Waals surface area contributed by atoms with Crippen LogP contribution in [0.5, 0.6) is 0 Å². The number of aryl methyl sites for hydroxylation is 2. The van der Waals surface area contributed by atoms with Crippen molar-refractivity contribution in [2.45, 2.75) is 40.0 Å². The Morgan fingerprint density at radius 3 is 2.71 bits per heavy atom. The molecule has 0 radical (unpaired) electrons. The van der Waals surface area contributed by atoms with Gasteiger partial charge in [0.15, 0.2) is 0 Å². The van der Waals surface area contributed by atoms with Crippen LogP contribution in [-0.4, -0.2) is 13.1 Å².